The van der Waals surface area contributed by atoms with Gasteiger partial charge in [0.1, 0.15) is 0 Å². The molecule has 2 atom stereocenters. The molecule has 0 unspecified atom stereocenters. The van der Waals surface area contributed by atoms with E-state index in [9.17, 15) is 13.2 Å². The van der Waals surface area contributed by atoms with E-state index in [1.807, 2.05) is 13.8 Å². The van der Waals surface area contributed by atoms with E-state index in [0.717, 1.165) is 10.6 Å². The van der Waals surface area contributed by atoms with E-state index in [4.69, 9.17) is 11.6 Å². The predicted molar refractivity (Wildman–Crippen MR) is 75.8 cm³/mol. The van der Waals surface area contributed by atoms with E-state index in [-0.39, 0.29) is 11.5 Å². The van der Waals surface area contributed by atoms with Gasteiger partial charge >= 0.3 is 6.03 Å². The van der Waals surface area contributed by atoms with Gasteiger partial charge in [-0.15, -0.1) is 22.9 Å². The number of hydrogen-bond acceptors (Lipinski definition) is 5. The van der Waals surface area contributed by atoms with Gasteiger partial charge < -0.3 is 5.32 Å². The minimum Gasteiger partial charge on any atom is -0.333 e. The van der Waals surface area contributed by atoms with Crippen LogP contribution < -0.4 is 10.6 Å². The van der Waals surface area contributed by atoms with Crippen molar-refractivity contribution in [3.63, 3.8) is 0 Å². The monoisotopic (exact) mass is 323 g/mol. The van der Waals surface area contributed by atoms with Crippen molar-refractivity contribution in [2.24, 2.45) is 0 Å². The van der Waals surface area contributed by atoms with Crippen LogP contribution in [-0.2, 0) is 9.84 Å². The first-order chi connectivity index (χ1) is 8.77. The van der Waals surface area contributed by atoms with Crippen molar-refractivity contribution in [2.45, 2.75) is 25.3 Å². The summed E-state index contributed by atoms with van der Waals surface area (Å²) in [5.41, 5.74) is 0.860. The first kappa shape index (κ1) is 14.5. The van der Waals surface area contributed by atoms with E-state index < -0.39 is 27.3 Å². The maximum Gasteiger partial charge on any atom is 0.321 e. The summed E-state index contributed by atoms with van der Waals surface area (Å²) in [5, 5.41) is 5.05. The first-order valence-corrected chi connectivity index (χ1v) is 8.70. The third-order valence-electron chi connectivity index (χ3n) is 2.85. The summed E-state index contributed by atoms with van der Waals surface area (Å²) in [6, 6.07) is -1.05. The van der Waals surface area contributed by atoms with E-state index in [2.05, 4.69) is 15.6 Å². The summed E-state index contributed by atoms with van der Waals surface area (Å²) in [5.74, 6) is -0.223. The fourth-order valence-electron chi connectivity index (χ4n) is 1.76. The lowest BCUT2D eigenvalue weighted by molar-refractivity contribution is 0.249. The highest BCUT2D eigenvalue weighted by Gasteiger charge is 2.37. The Kier molecular flexibility index (Phi) is 4.03. The van der Waals surface area contributed by atoms with Crippen LogP contribution in [0.5, 0.6) is 0 Å². The lowest BCUT2D eigenvalue weighted by Gasteiger charge is -2.13. The molecule has 0 aliphatic carbocycles. The minimum absolute atomic E-state index is 0.102. The van der Waals surface area contributed by atoms with Crippen molar-refractivity contribution < 1.29 is 13.2 Å². The van der Waals surface area contributed by atoms with E-state index in [1.54, 1.807) is 0 Å². The Balaban J connectivity index is 1.95. The molecular weight excluding hydrogens is 310 g/mol. The maximum absolute atomic E-state index is 11.7. The Morgan fingerprint density at radius 1 is 1.42 bits per heavy atom. The summed E-state index contributed by atoms with van der Waals surface area (Å²) in [6.45, 7) is 3.77. The van der Waals surface area contributed by atoms with Gasteiger partial charge in [0.05, 0.1) is 28.6 Å². The van der Waals surface area contributed by atoms with Crippen LogP contribution >= 0.6 is 22.9 Å². The lowest BCUT2D eigenvalue weighted by atomic mass is 10.2. The van der Waals surface area contributed by atoms with Crippen molar-refractivity contribution in [2.75, 3.05) is 16.8 Å². The molecule has 2 N–H and O–H groups in total. The number of anilines is 1. The zero-order valence-electron chi connectivity index (χ0n) is 10.4. The third-order valence-corrected chi connectivity index (χ3v) is 6.21. The number of hydrogen-bond donors (Lipinski definition) is 2. The Labute approximate surface area is 120 Å². The third kappa shape index (κ3) is 3.58. The topological polar surface area (TPSA) is 88.2 Å². The number of alkyl halides is 1. The van der Waals surface area contributed by atoms with Crippen molar-refractivity contribution in [1.82, 2.24) is 10.3 Å². The largest absolute Gasteiger partial charge is 0.333 e. The highest BCUT2D eigenvalue weighted by molar-refractivity contribution is 7.91. The van der Waals surface area contributed by atoms with Gasteiger partial charge in [-0.25, -0.2) is 18.2 Å². The molecule has 0 spiro atoms. The Morgan fingerprint density at radius 3 is 2.58 bits per heavy atom. The summed E-state index contributed by atoms with van der Waals surface area (Å²) >= 11 is 7.27. The second-order valence-corrected chi connectivity index (χ2v) is 8.38. The average molecular weight is 324 g/mol. The number of thiazole rings is 1. The predicted octanol–water partition coefficient (Wildman–Crippen LogP) is 1.29. The van der Waals surface area contributed by atoms with Crippen molar-refractivity contribution in [3.8, 4) is 0 Å². The molecule has 2 heterocycles. The van der Waals surface area contributed by atoms with Crippen LogP contribution in [0.25, 0.3) is 0 Å². The standard InChI is InChI=1S/C10H14ClN3O3S2/c1-5-6(2)18-10(12-5)14-9(15)13-8-4-19(16,17)3-7(8)11/h7-8H,3-4H2,1-2H3,(H2,12,13,14,15)/t7-,8-/m0/s1. The van der Waals surface area contributed by atoms with E-state index >= 15 is 0 Å². The maximum atomic E-state index is 11.7. The Hall–Kier alpha value is -0.860. The fourth-order valence-corrected chi connectivity index (χ4v) is 5.12. The minimum atomic E-state index is -3.15. The number of sulfone groups is 1. The zero-order valence-corrected chi connectivity index (χ0v) is 12.8. The molecule has 1 aromatic rings. The molecule has 1 saturated heterocycles. The van der Waals surface area contributed by atoms with Crippen molar-refractivity contribution in [3.05, 3.63) is 10.6 Å². The lowest BCUT2D eigenvalue weighted by Crippen LogP contribution is -2.42. The summed E-state index contributed by atoms with van der Waals surface area (Å²) in [4.78, 5) is 16.9. The van der Waals surface area contributed by atoms with Crippen LogP contribution in [0.1, 0.15) is 10.6 Å². The second kappa shape index (κ2) is 5.26. The number of halogens is 1. The average Bonchev–Trinajstić information content (AvgIpc) is 2.67. The SMILES string of the molecule is Cc1nc(NC(=O)N[C@H]2CS(=O)(=O)C[C@@H]2Cl)sc1C. The highest BCUT2D eigenvalue weighted by atomic mass is 35.5. The van der Waals surface area contributed by atoms with Crippen LogP contribution in [0.4, 0.5) is 9.93 Å². The normalized spacial score (nSPS) is 25.2. The molecule has 0 radical (unpaired) electrons. The smallest absolute Gasteiger partial charge is 0.321 e. The summed E-state index contributed by atoms with van der Waals surface area (Å²) in [7, 11) is -3.15. The number of carbonyl (C=O) groups is 1. The van der Waals surface area contributed by atoms with Gasteiger partial charge in [0.25, 0.3) is 0 Å². The molecule has 1 aromatic heterocycles. The van der Waals surface area contributed by atoms with Crippen molar-refractivity contribution in [1.29, 1.82) is 0 Å². The molecule has 106 valence electrons. The molecule has 1 aliphatic heterocycles. The molecule has 0 bridgehead atoms. The van der Waals surface area contributed by atoms with Gasteiger partial charge in [-0.1, -0.05) is 0 Å². The van der Waals surface area contributed by atoms with Gasteiger partial charge in [0.15, 0.2) is 15.0 Å². The van der Waals surface area contributed by atoms with Crippen LogP contribution in [0.3, 0.4) is 0 Å². The number of urea groups is 1. The molecule has 9 heteroatoms. The molecule has 6 nitrogen and oxygen atoms in total. The number of nitrogens with zero attached hydrogens (tertiary/aromatic N) is 1. The van der Waals surface area contributed by atoms with Gasteiger partial charge in [-0.05, 0) is 13.8 Å². The molecule has 19 heavy (non-hydrogen) atoms. The summed E-state index contributed by atoms with van der Waals surface area (Å²) < 4.78 is 22.7. The molecule has 0 saturated carbocycles. The van der Waals surface area contributed by atoms with Crippen LogP contribution in [0, 0.1) is 13.8 Å². The molecule has 1 fully saturated rings. The number of nitrogens with one attached hydrogen (secondary N) is 2. The van der Waals surface area contributed by atoms with Crippen molar-refractivity contribution >= 4 is 43.9 Å². The van der Waals surface area contributed by atoms with Crippen LogP contribution in [-0.4, -0.2) is 42.4 Å². The Bertz CT molecular complexity index is 580. The second-order valence-electron chi connectivity index (χ2n) is 4.46. The van der Waals surface area contributed by atoms with Gasteiger partial charge in [0.2, 0.25) is 0 Å². The number of aromatic nitrogens is 1. The van der Waals surface area contributed by atoms with Crippen LogP contribution in [0.2, 0.25) is 0 Å². The number of aryl methyl sites for hydroxylation is 2. The van der Waals surface area contributed by atoms with Crippen LogP contribution in [0.15, 0.2) is 0 Å². The molecule has 2 rings (SSSR count). The molecular formula is C10H14ClN3O3S2. The van der Waals surface area contributed by atoms with E-state index in [0.29, 0.717) is 5.13 Å². The van der Waals surface area contributed by atoms with Gasteiger partial charge in [0, 0.05) is 4.88 Å². The molecule has 1 aliphatic rings. The quantitative estimate of drug-likeness (QED) is 0.803. The van der Waals surface area contributed by atoms with Gasteiger partial charge in [-0.3, -0.25) is 5.32 Å². The highest BCUT2D eigenvalue weighted by Crippen LogP contribution is 2.21. The van der Waals surface area contributed by atoms with E-state index in [1.165, 1.54) is 11.3 Å². The fraction of sp³-hybridized carbons (Fsp3) is 0.600. The van der Waals surface area contributed by atoms with Gasteiger partial charge in [-0.2, -0.15) is 0 Å². The number of amides is 2. The Morgan fingerprint density at radius 2 is 2.11 bits per heavy atom. The first-order valence-electron chi connectivity index (χ1n) is 5.63. The molecule has 2 amide bonds. The number of rotatable bonds is 2. The zero-order chi connectivity index (χ0) is 14.2. The molecule has 0 aromatic carbocycles. The summed E-state index contributed by atoms with van der Waals surface area (Å²) in [6.07, 6.45) is 0. The number of carbonyl (C=O) groups excluding carboxylic acids is 1.